The van der Waals surface area contributed by atoms with Crippen LogP contribution in [-0.4, -0.2) is 23.2 Å². The lowest BCUT2D eigenvalue weighted by atomic mass is 9.95. The van der Waals surface area contributed by atoms with Crippen LogP contribution in [0.2, 0.25) is 5.02 Å². The van der Waals surface area contributed by atoms with Crippen LogP contribution in [0.3, 0.4) is 0 Å². The van der Waals surface area contributed by atoms with Crippen LogP contribution in [0.25, 0.3) is 0 Å². The van der Waals surface area contributed by atoms with E-state index in [9.17, 15) is 9.90 Å². The van der Waals surface area contributed by atoms with Crippen LogP contribution in [-0.2, 0) is 0 Å². The van der Waals surface area contributed by atoms with Crippen molar-refractivity contribution < 1.29 is 9.90 Å². The molecule has 1 heterocycles. The topological polar surface area (TPSA) is 66.6 Å². The summed E-state index contributed by atoms with van der Waals surface area (Å²) in [6, 6.07) is 3.67. The quantitative estimate of drug-likeness (QED) is 0.816. The lowest BCUT2D eigenvalue weighted by molar-refractivity contribution is 0.0697. The zero-order valence-corrected chi connectivity index (χ0v) is 11.9. The molecular formula is C14H19ClN2O2. The standard InChI is InChI=1S/C14H19ClN2O2/c1-8-4-3-5-9(2)17(8)13-11(14(18)19)6-10(16)7-12(13)15/h6-9H,3-5,16H2,1-2H3,(H,18,19)/t8-,9+. The average molecular weight is 283 g/mol. The third-order valence-corrected chi connectivity index (χ3v) is 4.06. The molecule has 2 atom stereocenters. The van der Waals surface area contributed by atoms with Gasteiger partial charge >= 0.3 is 5.97 Å². The Morgan fingerprint density at radius 2 is 1.95 bits per heavy atom. The number of hydrogen-bond donors (Lipinski definition) is 2. The van der Waals surface area contributed by atoms with Crippen molar-refractivity contribution in [2.75, 3.05) is 10.6 Å². The molecule has 0 spiro atoms. The molecule has 0 bridgehead atoms. The number of nitrogens with two attached hydrogens (primary N) is 1. The molecule has 1 aliphatic heterocycles. The molecule has 2 rings (SSSR count). The highest BCUT2D eigenvalue weighted by molar-refractivity contribution is 6.34. The normalized spacial score (nSPS) is 23.4. The zero-order valence-electron chi connectivity index (χ0n) is 11.2. The van der Waals surface area contributed by atoms with Gasteiger partial charge in [0.1, 0.15) is 0 Å². The maximum absolute atomic E-state index is 11.4. The van der Waals surface area contributed by atoms with E-state index in [1.807, 2.05) is 0 Å². The number of benzene rings is 1. The summed E-state index contributed by atoms with van der Waals surface area (Å²) in [7, 11) is 0. The van der Waals surface area contributed by atoms with Crippen LogP contribution in [0, 0.1) is 0 Å². The number of carboxylic acids is 1. The number of nitrogens with zero attached hydrogens (tertiary/aromatic N) is 1. The number of rotatable bonds is 2. The number of hydrogen-bond acceptors (Lipinski definition) is 3. The van der Waals surface area contributed by atoms with Crippen LogP contribution >= 0.6 is 11.6 Å². The smallest absolute Gasteiger partial charge is 0.337 e. The van der Waals surface area contributed by atoms with Gasteiger partial charge in [0.15, 0.2) is 0 Å². The molecule has 0 saturated carbocycles. The Labute approximate surface area is 118 Å². The number of anilines is 2. The third kappa shape index (κ3) is 2.63. The lowest BCUT2D eigenvalue weighted by Crippen LogP contribution is -2.44. The van der Waals surface area contributed by atoms with Crippen molar-refractivity contribution in [1.29, 1.82) is 0 Å². The van der Waals surface area contributed by atoms with E-state index in [1.165, 1.54) is 6.07 Å². The summed E-state index contributed by atoms with van der Waals surface area (Å²) in [5.74, 6) is -0.992. The molecule has 0 unspecified atom stereocenters. The Morgan fingerprint density at radius 1 is 1.37 bits per heavy atom. The summed E-state index contributed by atoms with van der Waals surface area (Å²) in [4.78, 5) is 13.6. The molecular weight excluding hydrogens is 264 g/mol. The van der Waals surface area contributed by atoms with Gasteiger partial charge < -0.3 is 15.7 Å². The number of piperidine rings is 1. The summed E-state index contributed by atoms with van der Waals surface area (Å²) in [5, 5.41) is 9.79. The van der Waals surface area contributed by atoms with Crippen molar-refractivity contribution in [3.8, 4) is 0 Å². The SMILES string of the molecule is C[C@@H]1CCC[C@H](C)N1c1c(Cl)cc(N)cc1C(=O)O. The van der Waals surface area contributed by atoms with E-state index in [-0.39, 0.29) is 17.6 Å². The highest BCUT2D eigenvalue weighted by Crippen LogP contribution is 2.38. The van der Waals surface area contributed by atoms with Crippen molar-refractivity contribution >= 4 is 28.9 Å². The summed E-state index contributed by atoms with van der Waals surface area (Å²) in [5.41, 5.74) is 6.86. The fourth-order valence-corrected chi connectivity index (χ4v) is 3.23. The first-order valence-corrected chi connectivity index (χ1v) is 6.90. The molecule has 4 nitrogen and oxygen atoms in total. The third-order valence-electron chi connectivity index (χ3n) is 3.77. The molecule has 1 aromatic carbocycles. The predicted octanol–water partition coefficient (Wildman–Crippen LogP) is 3.39. The maximum atomic E-state index is 11.4. The van der Waals surface area contributed by atoms with Crippen LogP contribution in [0.4, 0.5) is 11.4 Å². The fraction of sp³-hybridized carbons (Fsp3) is 0.500. The van der Waals surface area contributed by atoms with Gasteiger partial charge in [0.05, 0.1) is 16.3 Å². The minimum atomic E-state index is -0.992. The largest absolute Gasteiger partial charge is 0.478 e. The van der Waals surface area contributed by atoms with Crippen LogP contribution in [0.5, 0.6) is 0 Å². The van der Waals surface area contributed by atoms with Crippen molar-refractivity contribution in [2.45, 2.75) is 45.2 Å². The van der Waals surface area contributed by atoms with E-state index in [0.717, 1.165) is 19.3 Å². The van der Waals surface area contributed by atoms with Gasteiger partial charge in [-0.1, -0.05) is 11.6 Å². The number of carbonyl (C=O) groups is 1. The molecule has 104 valence electrons. The second-order valence-corrected chi connectivity index (χ2v) is 5.65. The minimum Gasteiger partial charge on any atom is -0.478 e. The number of halogens is 1. The molecule has 0 radical (unpaired) electrons. The molecule has 1 fully saturated rings. The molecule has 5 heteroatoms. The Balaban J connectivity index is 2.56. The van der Waals surface area contributed by atoms with Gasteiger partial charge in [-0.05, 0) is 45.2 Å². The van der Waals surface area contributed by atoms with E-state index >= 15 is 0 Å². The van der Waals surface area contributed by atoms with Gasteiger partial charge in [0, 0.05) is 17.8 Å². The second-order valence-electron chi connectivity index (χ2n) is 5.24. The maximum Gasteiger partial charge on any atom is 0.337 e. The number of nitrogen functional groups attached to an aromatic ring is 1. The molecule has 0 aromatic heterocycles. The van der Waals surface area contributed by atoms with E-state index in [1.54, 1.807) is 6.07 Å². The monoisotopic (exact) mass is 282 g/mol. The summed E-state index contributed by atoms with van der Waals surface area (Å²) in [6.45, 7) is 4.21. The van der Waals surface area contributed by atoms with E-state index < -0.39 is 5.97 Å². The van der Waals surface area contributed by atoms with Crippen LogP contribution in [0.15, 0.2) is 12.1 Å². The molecule has 1 saturated heterocycles. The first-order valence-electron chi connectivity index (χ1n) is 6.52. The van der Waals surface area contributed by atoms with Gasteiger partial charge in [-0.25, -0.2) is 4.79 Å². The number of carboxylic acid groups (broad SMARTS) is 1. The van der Waals surface area contributed by atoms with Crippen LogP contribution in [0.1, 0.15) is 43.5 Å². The Hall–Kier alpha value is -1.42. The zero-order chi connectivity index (χ0) is 14.2. The highest BCUT2D eigenvalue weighted by Gasteiger charge is 2.30. The first kappa shape index (κ1) is 14.0. The fourth-order valence-electron chi connectivity index (χ4n) is 2.91. The molecule has 19 heavy (non-hydrogen) atoms. The lowest BCUT2D eigenvalue weighted by Gasteiger charge is -2.42. The Kier molecular flexibility index (Phi) is 3.90. The first-order chi connectivity index (χ1) is 8.91. The van der Waals surface area contributed by atoms with E-state index in [2.05, 4.69) is 18.7 Å². The molecule has 1 aromatic rings. The van der Waals surface area contributed by atoms with Crippen molar-refractivity contribution in [3.05, 3.63) is 22.7 Å². The molecule has 0 aliphatic carbocycles. The Morgan fingerprint density at radius 3 is 2.47 bits per heavy atom. The minimum absolute atomic E-state index is 0.186. The number of aromatic carboxylic acids is 1. The Bertz CT molecular complexity index is 494. The average Bonchev–Trinajstić information content (AvgIpc) is 2.30. The van der Waals surface area contributed by atoms with Gasteiger partial charge in [0.25, 0.3) is 0 Å². The highest BCUT2D eigenvalue weighted by atomic mass is 35.5. The van der Waals surface area contributed by atoms with Gasteiger partial charge in [-0.3, -0.25) is 0 Å². The summed E-state index contributed by atoms with van der Waals surface area (Å²) in [6.07, 6.45) is 3.25. The van der Waals surface area contributed by atoms with Gasteiger partial charge in [-0.15, -0.1) is 0 Å². The second kappa shape index (κ2) is 5.29. The molecule has 3 N–H and O–H groups in total. The predicted molar refractivity (Wildman–Crippen MR) is 78.1 cm³/mol. The summed E-state index contributed by atoms with van der Waals surface area (Å²) < 4.78 is 0. The van der Waals surface area contributed by atoms with E-state index in [0.29, 0.717) is 16.4 Å². The van der Waals surface area contributed by atoms with Gasteiger partial charge in [0.2, 0.25) is 0 Å². The van der Waals surface area contributed by atoms with E-state index in [4.69, 9.17) is 17.3 Å². The van der Waals surface area contributed by atoms with Crippen molar-refractivity contribution in [3.63, 3.8) is 0 Å². The van der Waals surface area contributed by atoms with Crippen molar-refractivity contribution in [2.24, 2.45) is 0 Å². The van der Waals surface area contributed by atoms with Gasteiger partial charge in [-0.2, -0.15) is 0 Å². The molecule has 0 amide bonds. The molecule has 1 aliphatic rings. The van der Waals surface area contributed by atoms with Crippen molar-refractivity contribution in [1.82, 2.24) is 0 Å². The van der Waals surface area contributed by atoms with Crippen LogP contribution < -0.4 is 10.6 Å². The summed E-state index contributed by atoms with van der Waals surface area (Å²) >= 11 is 6.26.